The van der Waals surface area contributed by atoms with E-state index in [1.54, 1.807) is 67.8 Å². The van der Waals surface area contributed by atoms with Crippen molar-refractivity contribution in [3.05, 3.63) is 90.5 Å². The van der Waals surface area contributed by atoms with Gasteiger partial charge in [-0.25, -0.2) is 8.42 Å². The van der Waals surface area contributed by atoms with Crippen LogP contribution in [0.5, 0.6) is 5.75 Å². The molecule has 0 fully saturated rings. The molecule has 0 bridgehead atoms. The molecule has 2 atom stereocenters. The van der Waals surface area contributed by atoms with Crippen LogP contribution in [0.1, 0.15) is 39.2 Å². The molecule has 8 nitrogen and oxygen atoms in total. The third-order valence-corrected chi connectivity index (χ3v) is 8.34. The Kier molecular flexibility index (Phi) is 10.5. The summed E-state index contributed by atoms with van der Waals surface area (Å²) < 4.78 is 33.8. The Labute approximate surface area is 231 Å². The van der Waals surface area contributed by atoms with E-state index in [1.807, 2.05) is 32.9 Å². The second kappa shape index (κ2) is 13.8. The number of rotatable bonds is 13. The van der Waals surface area contributed by atoms with Crippen molar-refractivity contribution >= 4 is 27.5 Å². The van der Waals surface area contributed by atoms with Crippen molar-refractivity contribution in [2.24, 2.45) is 0 Å². The van der Waals surface area contributed by atoms with E-state index in [4.69, 9.17) is 4.74 Å². The number of nitrogens with zero attached hydrogens (tertiary/aromatic N) is 2. The minimum absolute atomic E-state index is 0.0660. The predicted octanol–water partition coefficient (Wildman–Crippen LogP) is 4.61. The van der Waals surface area contributed by atoms with Crippen molar-refractivity contribution in [2.45, 2.75) is 57.1 Å². The average molecular weight is 552 g/mol. The first kappa shape index (κ1) is 29.7. The second-order valence-corrected chi connectivity index (χ2v) is 11.1. The molecule has 208 valence electrons. The lowest BCUT2D eigenvalue weighted by Crippen LogP contribution is -2.53. The van der Waals surface area contributed by atoms with Crippen molar-refractivity contribution in [3.8, 4) is 5.75 Å². The molecule has 0 aliphatic heterocycles. The van der Waals surface area contributed by atoms with E-state index in [2.05, 4.69) is 5.32 Å². The van der Waals surface area contributed by atoms with Crippen LogP contribution in [0, 0.1) is 0 Å². The third kappa shape index (κ3) is 7.60. The van der Waals surface area contributed by atoms with Crippen LogP contribution in [-0.4, -0.2) is 50.9 Å². The average Bonchev–Trinajstić information content (AvgIpc) is 2.96. The Morgan fingerprint density at radius 2 is 1.46 bits per heavy atom. The number of anilines is 1. The van der Waals surface area contributed by atoms with E-state index in [1.165, 1.54) is 17.0 Å². The van der Waals surface area contributed by atoms with Gasteiger partial charge in [0.2, 0.25) is 11.8 Å². The molecule has 0 radical (unpaired) electrons. The Bertz CT molecular complexity index is 1320. The zero-order valence-electron chi connectivity index (χ0n) is 22.9. The normalized spacial score (nSPS) is 12.7. The Morgan fingerprint density at radius 1 is 0.872 bits per heavy atom. The molecule has 0 unspecified atom stereocenters. The van der Waals surface area contributed by atoms with Crippen molar-refractivity contribution in [3.63, 3.8) is 0 Å². The summed E-state index contributed by atoms with van der Waals surface area (Å²) in [5.74, 6) is -0.0893. The van der Waals surface area contributed by atoms with Gasteiger partial charge >= 0.3 is 0 Å². The Balaban J connectivity index is 2.01. The number of amides is 2. The second-order valence-electron chi connectivity index (χ2n) is 9.27. The maximum Gasteiger partial charge on any atom is 0.264 e. The van der Waals surface area contributed by atoms with Gasteiger partial charge in [0, 0.05) is 12.6 Å². The SMILES string of the molecule is CC[C@@H](C)NC(=O)[C@@H](CC)N(Cc1ccc(OC)cc1)C(=O)CN(c1ccccc1)S(=O)(=O)c1ccccc1. The van der Waals surface area contributed by atoms with Gasteiger partial charge in [-0.05, 0) is 61.7 Å². The van der Waals surface area contributed by atoms with Gasteiger partial charge in [-0.15, -0.1) is 0 Å². The number of benzene rings is 3. The van der Waals surface area contributed by atoms with Gasteiger partial charge in [-0.2, -0.15) is 0 Å². The molecule has 3 aromatic carbocycles. The van der Waals surface area contributed by atoms with E-state index < -0.39 is 28.5 Å². The quantitative estimate of drug-likeness (QED) is 0.335. The monoisotopic (exact) mass is 551 g/mol. The first-order valence-electron chi connectivity index (χ1n) is 13.1. The molecular formula is C30H37N3O5S. The maximum atomic E-state index is 14.0. The van der Waals surface area contributed by atoms with E-state index in [9.17, 15) is 18.0 Å². The summed E-state index contributed by atoms with van der Waals surface area (Å²) >= 11 is 0. The summed E-state index contributed by atoms with van der Waals surface area (Å²) in [4.78, 5) is 28.8. The maximum absolute atomic E-state index is 14.0. The van der Waals surface area contributed by atoms with E-state index in [-0.39, 0.29) is 23.4 Å². The smallest absolute Gasteiger partial charge is 0.264 e. The van der Waals surface area contributed by atoms with Crippen LogP contribution in [0.2, 0.25) is 0 Å². The molecule has 0 saturated heterocycles. The van der Waals surface area contributed by atoms with Gasteiger partial charge in [0.05, 0.1) is 17.7 Å². The van der Waals surface area contributed by atoms with Crippen molar-refractivity contribution in [1.29, 1.82) is 0 Å². The van der Waals surface area contributed by atoms with E-state index in [0.29, 0.717) is 17.9 Å². The highest BCUT2D eigenvalue weighted by molar-refractivity contribution is 7.92. The predicted molar refractivity (Wildman–Crippen MR) is 153 cm³/mol. The fraction of sp³-hybridized carbons (Fsp3) is 0.333. The molecule has 2 amide bonds. The number of hydrogen-bond donors (Lipinski definition) is 1. The highest BCUT2D eigenvalue weighted by Gasteiger charge is 2.33. The first-order chi connectivity index (χ1) is 18.7. The van der Waals surface area contributed by atoms with Gasteiger partial charge < -0.3 is 15.0 Å². The van der Waals surface area contributed by atoms with Crippen LogP contribution in [0.3, 0.4) is 0 Å². The fourth-order valence-corrected chi connectivity index (χ4v) is 5.57. The number of ether oxygens (including phenoxy) is 1. The molecule has 0 aliphatic rings. The van der Waals surface area contributed by atoms with Crippen LogP contribution in [0.15, 0.2) is 89.8 Å². The van der Waals surface area contributed by atoms with E-state index >= 15 is 0 Å². The van der Waals surface area contributed by atoms with Crippen LogP contribution >= 0.6 is 0 Å². The highest BCUT2D eigenvalue weighted by Crippen LogP contribution is 2.25. The first-order valence-corrected chi connectivity index (χ1v) is 14.5. The molecule has 9 heteroatoms. The van der Waals surface area contributed by atoms with Gasteiger partial charge in [0.15, 0.2) is 0 Å². The summed E-state index contributed by atoms with van der Waals surface area (Å²) in [6.45, 7) is 5.38. The molecule has 3 rings (SSSR count). The highest BCUT2D eigenvalue weighted by atomic mass is 32.2. The summed E-state index contributed by atoms with van der Waals surface area (Å²) in [5.41, 5.74) is 1.15. The zero-order chi connectivity index (χ0) is 28.4. The minimum Gasteiger partial charge on any atom is -0.497 e. The number of hydrogen-bond acceptors (Lipinski definition) is 5. The summed E-state index contributed by atoms with van der Waals surface area (Å²) in [6.07, 6.45) is 1.10. The minimum atomic E-state index is -4.07. The lowest BCUT2D eigenvalue weighted by molar-refractivity contribution is -0.140. The number of para-hydroxylation sites is 1. The lowest BCUT2D eigenvalue weighted by Gasteiger charge is -2.33. The standard InChI is InChI=1S/C30H37N3O5S/c1-5-23(3)31-30(35)28(6-2)32(21-24-17-19-26(38-4)20-18-24)29(34)22-33(25-13-9-7-10-14-25)39(36,37)27-15-11-8-12-16-27/h7-20,23,28H,5-6,21-22H2,1-4H3,(H,31,35)/t23-,28-/m1/s1. The molecule has 39 heavy (non-hydrogen) atoms. The van der Waals surface area contributed by atoms with E-state index in [0.717, 1.165) is 16.3 Å². The number of carbonyl (C=O) groups excluding carboxylic acids is 2. The van der Waals surface area contributed by atoms with Crippen molar-refractivity contribution < 1.29 is 22.7 Å². The van der Waals surface area contributed by atoms with Crippen molar-refractivity contribution in [2.75, 3.05) is 18.0 Å². The van der Waals surface area contributed by atoms with Gasteiger partial charge in [-0.1, -0.05) is 62.4 Å². The number of carbonyl (C=O) groups is 2. The summed E-state index contributed by atoms with van der Waals surface area (Å²) in [5, 5.41) is 2.98. The summed E-state index contributed by atoms with van der Waals surface area (Å²) in [6, 6.07) is 22.9. The molecular weight excluding hydrogens is 514 g/mol. The number of nitrogens with one attached hydrogen (secondary N) is 1. The molecule has 0 saturated carbocycles. The molecule has 0 spiro atoms. The molecule has 0 heterocycles. The Morgan fingerprint density at radius 3 is 2.00 bits per heavy atom. The summed E-state index contributed by atoms with van der Waals surface area (Å²) in [7, 11) is -2.50. The third-order valence-electron chi connectivity index (χ3n) is 6.55. The van der Waals surface area contributed by atoms with Crippen LogP contribution < -0.4 is 14.4 Å². The van der Waals surface area contributed by atoms with Crippen LogP contribution in [-0.2, 0) is 26.2 Å². The van der Waals surface area contributed by atoms with Crippen LogP contribution in [0.25, 0.3) is 0 Å². The lowest BCUT2D eigenvalue weighted by atomic mass is 10.1. The molecule has 0 aromatic heterocycles. The fourth-order valence-electron chi connectivity index (χ4n) is 4.13. The molecule has 3 aromatic rings. The van der Waals surface area contributed by atoms with Crippen LogP contribution in [0.4, 0.5) is 5.69 Å². The Hall–Kier alpha value is -3.85. The van der Waals surface area contributed by atoms with Gasteiger partial charge in [0.1, 0.15) is 18.3 Å². The number of sulfonamides is 1. The number of methoxy groups -OCH3 is 1. The molecule has 1 N–H and O–H groups in total. The van der Waals surface area contributed by atoms with Crippen molar-refractivity contribution in [1.82, 2.24) is 10.2 Å². The molecule has 0 aliphatic carbocycles. The van der Waals surface area contributed by atoms with Gasteiger partial charge in [-0.3, -0.25) is 13.9 Å². The zero-order valence-corrected chi connectivity index (χ0v) is 23.7. The van der Waals surface area contributed by atoms with Gasteiger partial charge in [0.25, 0.3) is 10.0 Å². The topological polar surface area (TPSA) is 96.0 Å². The largest absolute Gasteiger partial charge is 0.497 e.